The Morgan fingerprint density at radius 3 is 2.61 bits per heavy atom. The van der Waals surface area contributed by atoms with Crippen LogP contribution in [0, 0.1) is 20.8 Å². The number of rotatable bonds is 5. The van der Waals surface area contributed by atoms with Gasteiger partial charge in [-0.3, -0.25) is 4.68 Å². The van der Waals surface area contributed by atoms with E-state index in [1.54, 1.807) is 0 Å². The van der Waals surface area contributed by atoms with Crippen LogP contribution in [0.3, 0.4) is 0 Å². The molecule has 0 bridgehead atoms. The number of piperidine rings is 1. The Bertz CT molecular complexity index is 657. The summed E-state index contributed by atoms with van der Waals surface area (Å²) in [5.41, 5.74) is 3.07. The smallest absolute Gasteiger partial charge is 0.137 e. The topological polar surface area (TPSA) is 58.9 Å². The lowest BCUT2D eigenvalue weighted by Gasteiger charge is -2.26. The Labute approximate surface area is 137 Å². The average molecular weight is 314 g/mol. The van der Waals surface area contributed by atoms with E-state index in [4.69, 9.17) is 0 Å². The first-order chi connectivity index (χ1) is 11.1. The molecule has 0 atom stereocenters. The highest BCUT2D eigenvalue weighted by Crippen LogP contribution is 2.19. The number of nitrogens with zero attached hydrogens (tertiary/aromatic N) is 5. The standard InChI is InChI=1S/C17H26N6/c1-13-14(2)19-15(3)20-17(13)21-16-11-18-23(12-16)10-9-22-7-5-4-6-8-22/h11-12H,4-10H2,1-3H3,(H,19,20,21). The lowest BCUT2D eigenvalue weighted by Crippen LogP contribution is -2.32. The zero-order valence-corrected chi connectivity index (χ0v) is 14.3. The summed E-state index contributed by atoms with van der Waals surface area (Å²) in [7, 11) is 0. The maximum Gasteiger partial charge on any atom is 0.137 e. The van der Waals surface area contributed by atoms with E-state index in [1.807, 2.05) is 31.6 Å². The Hall–Kier alpha value is -1.95. The Kier molecular flexibility index (Phi) is 4.91. The summed E-state index contributed by atoms with van der Waals surface area (Å²) in [6, 6.07) is 0. The normalized spacial score (nSPS) is 15.8. The Morgan fingerprint density at radius 2 is 1.83 bits per heavy atom. The van der Waals surface area contributed by atoms with Crippen LogP contribution in [-0.2, 0) is 6.54 Å². The van der Waals surface area contributed by atoms with E-state index in [-0.39, 0.29) is 0 Å². The van der Waals surface area contributed by atoms with Gasteiger partial charge in [-0.25, -0.2) is 9.97 Å². The molecule has 0 spiro atoms. The van der Waals surface area contributed by atoms with Gasteiger partial charge in [-0.15, -0.1) is 0 Å². The molecule has 2 aromatic heterocycles. The van der Waals surface area contributed by atoms with Crippen LogP contribution in [0.2, 0.25) is 0 Å². The van der Waals surface area contributed by atoms with Crippen molar-refractivity contribution in [3.8, 4) is 0 Å². The second kappa shape index (κ2) is 7.08. The van der Waals surface area contributed by atoms with Gasteiger partial charge in [-0.1, -0.05) is 6.42 Å². The van der Waals surface area contributed by atoms with Crippen LogP contribution in [0.25, 0.3) is 0 Å². The zero-order chi connectivity index (χ0) is 16.2. The molecule has 3 rings (SSSR count). The average Bonchev–Trinajstić information content (AvgIpc) is 2.99. The molecule has 0 amide bonds. The molecule has 2 aromatic rings. The minimum atomic E-state index is 0.785. The quantitative estimate of drug-likeness (QED) is 0.919. The molecule has 0 aliphatic carbocycles. The number of aryl methyl sites for hydroxylation is 2. The summed E-state index contributed by atoms with van der Waals surface area (Å²) in [4.78, 5) is 11.4. The molecule has 124 valence electrons. The third-order valence-electron chi connectivity index (χ3n) is 4.49. The minimum absolute atomic E-state index is 0.785. The van der Waals surface area contributed by atoms with Crippen LogP contribution in [0.1, 0.15) is 36.3 Å². The van der Waals surface area contributed by atoms with Gasteiger partial charge in [0.25, 0.3) is 0 Å². The summed E-state index contributed by atoms with van der Waals surface area (Å²) in [6.45, 7) is 10.4. The van der Waals surface area contributed by atoms with Crippen LogP contribution in [-0.4, -0.2) is 44.3 Å². The second-order valence-corrected chi connectivity index (χ2v) is 6.35. The van der Waals surface area contributed by atoms with E-state index in [9.17, 15) is 0 Å². The summed E-state index contributed by atoms with van der Waals surface area (Å²) in [5.74, 6) is 1.65. The van der Waals surface area contributed by atoms with Crippen molar-refractivity contribution in [2.45, 2.75) is 46.6 Å². The molecule has 0 radical (unpaired) electrons. The highest BCUT2D eigenvalue weighted by molar-refractivity contribution is 5.58. The van der Waals surface area contributed by atoms with Crippen molar-refractivity contribution < 1.29 is 0 Å². The maximum atomic E-state index is 4.49. The van der Waals surface area contributed by atoms with Gasteiger partial charge >= 0.3 is 0 Å². The molecular weight excluding hydrogens is 288 g/mol. The van der Waals surface area contributed by atoms with Gasteiger partial charge in [0.2, 0.25) is 0 Å². The van der Waals surface area contributed by atoms with Crippen LogP contribution >= 0.6 is 0 Å². The number of likely N-dealkylation sites (tertiary alicyclic amines) is 1. The van der Waals surface area contributed by atoms with Crippen LogP contribution in [0.15, 0.2) is 12.4 Å². The van der Waals surface area contributed by atoms with Crippen LogP contribution in [0.5, 0.6) is 0 Å². The van der Waals surface area contributed by atoms with Crippen molar-refractivity contribution >= 4 is 11.5 Å². The fraction of sp³-hybridized carbons (Fsp3) is 0.588. The van der Waals surface area contributed by atoms with Crippen LogP contribution < -0.4 is 5.32 Å². The Morgan fingerprint density at radius 1 is 1.04 bits per heavy atom. The number of nitrogens with one attached hydrogen (secondary N) is 1. The van der Waals surface area contributed by atoms with E-state index >= 15 is 0 Å². The molecule has 0 unspecified atom stereocenters. The van der Waals surface area contributed by atoms with Gasteiger partial charge in [-0.05, 0) is 46.7 Å². The molecule has 6 heteroatoms. The number of aromatic nitrogens is 4. The summed E-state index contributed by atoms with van der Waals surface area (Å²) < 4.78 is 2.01. The van der Waals surface area contributed by atoms with E-state index < -0.39 is 0 Å². The first-order valence-electron chi connectivity index (χ1n) is 8.45. The van der Waals surface area contributed by atoms with Crippen molar-refractivity contribution in [3.63, 3.8) is 0 Å². The highest BCUT2D eigenvalue weighted by atomic mass is 15.3. The number of anilines is 2. The molecule has 0 saturated carbocycles. The molecule has 23 heavy (non-hydrogen) atoms. The lowest BCUT2D eigenvalue weighted by molar-refractivity contribution is 0.218. The van der Waals surface area contributed by atoms with E-state index in [0.717, 1.165) is 41.7 Å². The summed E-state index contributed by atoms with van der Waals surface area (Å²) in [5, 5.41) is 7.82. The van der Waals surface area contributed by atoms with Crippen molar-refractivity contribution in [1.29, 1.82) is 0 Å². The predicted octanol–water partition coefficient (Wildman–Crippen LogP) is 2.83. The molecule has 3 heterocycles. The minimum Gasteiger partial charge on any atom is -0.337 e. The third kappa shape index (κ3) is 4.07. The van der Waals surface area contributed by atoms with Crippen molar-refractivity contribution in [2.24, 2.45) is 0 Å². The maximum absolute atomic E-state index is 4.49. The molecule has 1 N–H and O–H groups in total. The van der Waals surface area contributed by atoms with Crippen molar-refractivity contribution in [3.05, 3.63) is 29.5 Å². The highest BCUT2D eigenvalue weighted by Gasteiger charge is 2.11. The molecule has 0 aromatic carbocycles. The third-order valence-corrected chi connectivity index (χ3v) is 4.49. The lowest BCUT2D eigenvalue weighted by atomic mass is 10.1. The van der Waals surface area contributed by atoms with Crippen LogP contribution in [0.4, 0.5) is 11.5 Å². The number of hydrogen-bond donors (Lipinski definition) is 1. The number of hydrogen-bond acceptors (Lipinski definition) is 5. The Balaban J connectivity index is 1.61. The molecule has 1 fully saturated rings. The van der Waals surface area contributed by atoms with Gasteiger partial charge in [0.05, 0.1) is 18.4 Å². The monoisotopic (exact) mass is 314 g/mol. The predicted molar refractivity (Wildman–Crippen MR) is 92.0 cm³/mol. The van der Waals surface area contributed by atoms with Gasteiger partial charge in [0, 0.05) is 24.0 Å². The second-order valence-electron chi connectivity index (χ2n) is 6.35. The van der Waals surface area contributed by atoms with Crippen molar-refractivity contribution in [2.75, 3.05) is 25.0 Å². The van der Waals surface area contributed by atoms with E-state index in [0.29, 0.717) is 0 Å². The molecule has 1 aliphatic rings. The van der Waals surface area contributed by atoms with E-state index in [1.165, 1.54) is 32.4 Å². The van der Waals surface area contributed by atoms with Gasteiger partial charge < -0.3 is 10.2 Å². The largest absolute Gasteiger partial charge is 0.337 e. The zero-order valence-electron chi connectivity index (χ0n) is 14.3. The van der Waals surface area contributed by atoms with Gasteiger partial charge in [0.1, 0.15) is 11.6 Å². The summed E-state index contributed by atoms with van der Waals surface area (Å²) >= 11 is 0. The molecule has 1 aliphatic heterocycles. The van der Waals surface area contributed by atoms with E-state index in [2.05, 4.69) is 31.5 Å². The fourth-order valence-corrected chi connectivity index (χ4v) is 3.00. The van der Waals surface area contributed by atoms with Gasteiger partial charge in [-0.2, -0.15) is 5.10 Å². The van der Waals surface area contributed by atoms with Crippen molar-refractivity contribution in [1.82, 2.24) is 24.6 Å². The molecule has 1 saturated heterocycles. The SMILES string of the molecule is Cc1nc(C)c(C)c(Nc2cnn(CCN3CCCCC3)c2)n1. The first kappa shape index (κ1) is 15.9. The molecular formula is C17H26N6. The summed E-state index contributed by atoms with van der Waals surface area (Å²) in [6.07, 6.45) is 7.96. The fourth-order valence-electron chi connectivity index (χ4n) is 3.00. The van der Waals surface area contributed by atoms with Gasteiger partial charge in [0.15, 0.2) is 0 Å². The first-order valence-corrected chi connectivity index (χ1v) is 8.45. The molecule has 6 nitrogen and oxygen atoms in total.